The number of thiophene rings is 1. The van der Waals surface area contributed by atoms with Crippen LogP contribution >= 0.6 is 11.3 Å². The third kappa shape index (κ3) is 4.32. The van der Waals surface area contributed by atoms with Gasteiger partial charge in [-0.3, -0.25) is 4.79 Å². The summed E-state index contributed by atoms with van der Waals surface area (Å²) in [5.74, 6) is 0.721. The molecule has 1 atom stereocenters. The van der Waals surface area contributed by atoms with Gasteiger partial charge in [-0.05, 0) is 43.0 Å². The van der Waals surface area contributed by atoms with E-state index < -0.39 is 0 Å². The van der Waals surface area contributed by atoms with Gasteiger partial charge in [-0.2, -0.15) is 0 Å². The fraction of sp³-hybridized carbons (Fsp3) is 0.667. The van der Waals surface area contributed by atoms with Crippen molar-refractivity contribution in [2.45, 2.75) is 51.0 Å². The molecule has 1 unspecified atom stereocenters. The zero-order valence-corrected chi connectivity index (χ0v) is 12.1. The molecule has 19 heavy (non-hydrogen) atoms. The van der Waals surface area contributed by atoms with E-state index in [1.54, 1.807) is 11.3 Å². The van der Waals surface area contributed by atoms with E-state index in [4.69, 9.17) is 5.11 Å². The number of carbonyl (C=O) groups excluding carboxylic acids is 1. The van der Waals surface area contributed by atoms with E-state index in [0.29, 0.717) is 18.8 Å². The van der Waals surface area contributed by atoms with Gasteiger partial charge in [0.25, 0.3) is 0 Å². The molecule has 0 spiro atoms. The molecule has 1 fully saturated rings. The van der Waals surface area contributed by atoms with Crippen molar-refractivity contribution in [1.29, 1.82) is 0 Å². The Bertz CT molecular complexity index is 372. The van der Waals surface area contributed by atoms with Crippen LogP contribution in [0, 0.1) is 5.92 Å². The molecule has 1 aliphatic rings. The molecule has 2 N–H and O–H groups in total. The van der Waals surface area contributed by atoms with Gasteiger partial charge in [0.15, 0.2) is 0 Å². The van der Waals surface area contributed by atoms with Gasteiger partial charge in [-0.25, -0.2) is 0 Å². The van der Waals surface area contributed by atoms with Crippen LogP contribution in [-0.4, -0.2) is 17.6 Å². The number of nitrogens with one attached hydrogen (secondary N) is 1. The van der Waals surface area contributed by atoms with Crippen LogP contribution in [0.2, 0.25) is 0 Å². The van der Waals surface area contributed by atoms with E-state index in [1.165, 1.54) is 30.6 Å². The van der Waals surface area contributed by atoms with E-state index in [0.717, 1.165) is 6.42 Å². The maximum atomic E-state index is 12.0. The van der Waals surface area contributed by atoms with E-state index in [9.17, 15) is 4.79 Å². The number of hydrogen-bond acceptors (Lipinski definition) is 3. The SMILES string of the molecule is O=C(CCCCO)NC(c1cccs1)C1CCCC1. The first-order valence-electron chi connectivity index (χ1n) is 7.25. The van der Waals surface area contributed by atoms with Crippen molar-refractivity contribution in [2.24, 2.45) is 5.92 Å². The van der Waals surface area contributed by atoms with Gasteiger partial charge in [0.1, 0.15) is 0 Å². The van der Waals surface area contributed by atoms with Gasteiger partial charge in [-0.15, -0.1) is 11.3 Å². The average Bonchev–Trinajstić information content (AvgIpc) is 3.09. The van der Waals surface area contributed by atoms with Crippen molar-refractivity contribution < 1.29 is 9.90 Å². The Balaban J connectivity index is 1.92. The Morgan fingerprint density at radius 1 is 1.42 bits per heavy atom. The van der Waals surface area contributed by atoms with E-state index >= 15 is 0 Å². The molecule has 106 valence electrons. The van der Waals surface area contributed by atoms with Crippen molar-refractivity contribution in [1.82, 2.24) is 5.32 Å². The molecule has 3 nitrogen and oxygen atoms in total. The molecule has 0 bridgehead atoms. The molecule has 1 aromatic heterocycles. The summed E-state index contributed by atoms with van der Waals surface area (Å²) >= 11 is 1.73. The van der Waals surface area contributed by atoms with Crippen molar-refractivity contribution in [3.05, 3.63) is 22.4 Å². The maximum Gasteiger partial charge on any atom is 0.220 e. The molecule has 1 heterocycles. The monoisotopic (exact) mass is 281 g/mol. The van der Waals surface area contributed by atoms with Crippen LogP contribution in [0.3, 0.4) is 0 Å². The predicted molar refractivity (Wildman–Crippen MR) is 78.1 cm³/mol. The summed E-state index contributed by atoms with van der Waals surface area (Å²) in [5.41, 5.74) is 0. The Labute approximate surface area is 119 Å². The van der Waals surface area contributed by atoms with Crippen LogP contribution in [0.1, 0.15) is 55.9 Å². The first-order valence-corrected chi connectivity index (χ1v) is 8.13. The third-order valence-electron chi connectivity index (χ3n) is 3.85. The molecule has 4 heteroatoms. The predicted octanol–water partition coefficient (Wildman–Crippen LogP) is 3.26. The minimum Gasteiger partial charge on any atom is -0.396 e. The number of rotatable bonds is 7. The summed E-state index contributed by atoms with van der Waals surface area (Å²) in [6, 6.07) is 4.38. The summed E-state index contributed by atoms with van der Waals surface area (Å²) in [4.78, 5) is 13.3. The van der Waals surface area contributed by atoms with Gasteiger partial charge in [-0.1, -0.05) is 18.9 Å². The minimum absolute atomic E-state index is 0.124. The molecule has 1 amide bonds. The van der Waals surface area contributed by atoms with Crippen LogP contribution in [0.25, 0.3) is 0 Å². The van der Waals surface area contributed by atoms with Gasteiger partial charge in [0, 0.05) is 17.9 Å². The standard InChI is InChI=1S/C15H23NO2S/c17-10-4-3-9-14(18)16-15(12-6-1-2-7-12)13-8-5-11-19-13/h5,8,11-12,15,17H,1-4,6-7,9-10H2,(H,16,18). The Kier molecular flexibility index (Phi) is 5.86. The highest BCUT2D eigenvalue weighted by atomic mass is 32.1. The van der Waals surface area contributed by atoms with Gasteiger partial charge in [0.2, 0.25) is 5.91 Å². The van der Waals surface area contributed by atoms with Crippen molar-refractivity contribution in [3.63, 3.8) is 0 Å². The lowest BCUT2D eigenvalue weighted by Crippen LogP contribution is -2.32. The second kappa shape index (κ2) is 7.65. The Morgan fingerprint density at radius 2 is 2.21 bits per heavy atom. The number of carbonyl (C=O) groups is 1. The fourth-order valence-corrected chi connectivity index (χ4v) is 3.69. The number of unbranched alkanes of at least 4 members (excludes halogenated alkanes) is 1. The molecule has 0 aromatic carbocycles. The lowest BCUT2D eigenvalue weighted by Gasteiger charge is -2.23. The highest BCUT2D eigenvalue weighted by Gasteiger charge is 2.28. The van der Waals surface area contributed by atoms with Gasteiger partial charge >= 0.3 is 0 Å². The fourth-order valence-electron chi connectivity index (χ4n) is 2.82. The van der Waals surface area contributed by atoms with Crippen LogP contribution in [0.5, 0.6) is 0 Å². The smallest absolute Gasteiger partial charge is 0.220 e. The molecular formula is C15H23NO2S. The highest BCUT2D eigenvalue weighted by Crippen LogP contribution is 2.37. The number of aliphatic hydroxyl groups is 1. The molecule has 1 aliphatic carbocycles. The molecule has 1 aromatic rings. The third-order valence-corrected chi connectivity index (χ3v) is 4.80. The summed E-state index contributed by atoms with van der Waals surface area (Å²) in [7, 11) is 0. The van der Waals surface area contributed by atoms with Crippen LogP contribution in [0.15, 0.2) is 17.5 Å². The molecule has 0 aliphatic heterocycles. The first-order chi connectivity index (χ1) is 9.31. The molecule has 0 radical (unpaired) electrons. The quantitative estimate of drug-likeness (QED) is 0.754. The highest BCUT2D eigenvalue weighted by molar-refractivity contribution is 7.10. The van der Waals surface area contributed by atoms with E-state index in [-0.39, 0.29) is 18.6 Å². The zero-order chi connectivity index (χ0) is 13.5. The van der Waals surface area contributed by atoms with Crippen molar-refractivity contribution in [2.75, 3.05) is 6.61 Å². The normalized spacial score (nSPS) is 17.5. The van der Waals surface area contributed by atoms with Gasteiger partial charge < -0.3 is 10.4 Å². The lowest BCUT2D eigenvalue weighted by molar-refractivity contribution is -0.122. The second-order valence-electron chi connectivity index (χ2n) is 5.29. The van der Waals surface area contributed by atoms with Crippen LogP contribution in [0.4, 0.5) is 0 Å². The molecule has 0 saturated heterocycles. The number of hydrogen-bond donors (Lipinski definition) is 2. The Hall–Kier alpha value is -0.870. The summed E-state index contributed by atoms with van der Waals surface area (Å²) in [5, 5.41) is 14.0. The molecule has 1 saturated carbocycles. The lowest BCUT2D eigenvalue weighted by atomic mass is 9.96. The van der Waals surface area contributed by atoms with E-state index in [2.05, 4.69) is 22.8 Å². The summed E-state index contributed by atoms with van der Waals surface area (Å²) in [6.07, 6.45) is 7.01. The number of amides is 1. The topological polar surface area (TPSA) is 49.3 Å². The minimum atomic E-state index is 0.124. The zero-order valence-electron chi connectivity index (χ0n) is 11.3. The molecule has 2 rings (SSSR count). The molecular weight excluding hydrogens is 258 g/mol. The second-order valence-corrected chi connectivity index (χ2v) is 6.27. The van der Waals surface area contributed by atoms with Crippen molar-refractivity contribution in [3.8, 4) is 0 Å². The summed E-state index contributed by atoms with van der Waals surface area (Å²) < 4.78 is 0. The average molecular weight is 281 g/mol. The summed E-state index contributed by atoms with van der Waals surface area (Å²) in [6.45, 7) is 0.171. The first kappa shape index (κ1) is 14.5. The van der Waals surface area contributed by atoms with E-state index in [1.807, 2.05) is 0 Å². The number of aliphatic hydroxyl groups excluding tert-OH is 1. The van der Waals surface area contributed by atoms with Crippen molar-refractivity contribution >= 4 is 17.2 Å². The largest absolute Gasteiger partial charge is 0.396 e. The van der Waals surface area contributed by atoms with Crippen LogP contribution < -0.4 is 5.32 Å². The van der Waals surface area contributed by atoms with Crippen LogP contribution in [-0.2, 0) is 4.79 Å². The maximum absolute atomic E-state index is 12.0. The van der Waals surface area contributed by atoms with Gasteiger partial charge in [0.05, 0.1) is 6.04 Å². The Morgan fingerprint density at radius 3 is 2.84 bits per heavy atom.